The summed E-state index contributed by atoms with van der Waals surface area (Å²) in [6.45, 7) is 0. The number of hydrogen-bond acceptors (Lipinski definition) is 4. The van der Waals surface area contributed by atoms with E-state index in [2.05, 4.69) is 27.2 Å². The monoisotopic (exact) mass is 278 g/mol. The zero-order valence-corrected chi connectivity index (χ0v) is 11.3. The second-order valence-corrected chi connectivity index (χ2v) is 5.27. The first-order chi connectivity index (χ1) is 9.92. The Morgan fingerprint density at radius 3 is 2.65 bits per heavy atom. The van der Waals surface area contributed by atoms with E-state index in [0.717, 1.165) is 22.0 Å². The summed E-state index contributed by atoms with van der Waals surface area (Å²) in [6.07, 6.45) is 1.77. The van der Waals surface area contributed by atoms with E-state index >= 15 is 0 Å². The molecule has 0 radical (unpaired) electrons. The van der Waals surface area contributed by atoms with Gasteiger partial charge in [0.2, 0.25) is 0 Å². The van der Waals surface area contributed by atoms with Crippen LogP contribution in [0.15, 0.2) is 60.1 Å². The van der Waals surface area contributed by atoms with E-state index in [4.69, 9.17) is 0 Å². The van der Waals surface area contributed by atoms with Crippen molar-refractivity contribution in [3.63, 3.8) is 0 Å². The van der Waals surface area contributed by atoms with Crippen molar-refractivity contribution in [2.75, 3.05) is 0 Å². The van der Waals surface area contributed by atoms with Gasteiger partial charge in [-0.15, -0.1) is 16.4 Å². The number of nitrogens with zero attached hydrogens (tertiary/aromatic N) is 4. The molecule has 1 aromatic carbocycles. The van der Waals surface area contributed by atoms with E-state index < -0.39 is 0 Å². The van der Waals surface area contributed by atoms with E-state index in [-0.39, 0.29) is 0 Å². The molecule has 20 heavy (non-hydrogen) atoms. The number of rotatable bonds is 2. The van der Waals surface area contributed by atoms with Crippen LogP contribution in [0.1, 0.15) is 0 Å². The van der Waals surface area contributed by atoms with Gasteiger partial charge < -0.3 is 0 Å². The second-order valence-electron chi connectivity index (χ2n) is 4.32. The molecule has 0 aliphatic carbocycles. The Morgan fingerprint density at radius 1 is 0.950 bits per heavy atom. The fourth-order valence-corrected chi connectivity index (χ4v) is 2.78. The van der Waals surface area contributed by atoms with Crippen LogP contribution in [0, 0.1) is 0 Å². The topological polar surface area (TPSA) is 43.1 Å². The van der Waals surface area contributed by atoms with Crippen molar-refractivity contribution in [1.29, 1.82) is 0 Å². The lowest BCUT2D eigenvalue weighted by Crippen LogP contribution is -1.95. The number of fused-ring (bicyclic) bond motifs is 1. The van der Waals surface area contributed by atoms with Crippen LogP contribution < -0.4 is 0 Å². The average Bonchev–Trinajstić information content (AvgIpc) is 3.16. The van der Waals surface area contributed by atoms with Crippen LogP contribution in [0.5, 0.6) is 0 Å². The van der Waals surface area contributed by atoms with Crippen LogP contribution in [-0.2, 0) is 0 Å². The molecule has 0 atom stereocenters. The molecule has 96 valence electrons. The third kappa shape index (κ3) is 1.80. The molecule has 4 aromatic rings. The molecule has 0 spiro atoms. The van der Waals surface area contributed by atoms with Gasteiger partial charge in [-0.2, -0.15) is 9.50 Å². The van der Waals surface area contributed by atoms with Crippen molar-refractivity contribution in [3.05, 3.63) is 60.1 Å². The zero-order valence-electron chi connectivity index (χ0n) is 10.5. The van der Waals surface area contributed by atoms with E-state index in [1.54, 1.807) is 22.0 Å². The molecular weight excluding hydrogens is 268 g/mol. The molecule has 4 nitrogen and oxygen atoms in total. The highest BCUT2D eigenvalue weighted by atomic mass is 32.1. The number of hydrogen-bond donors (Lipinski definition) is 0. The molecule has 0 fully saturated rings. The minimum atomic E-state index is 0.620. The Morgan fingerprint density at radius 2 is 1.85 bits per heavy atom. The predicted molar refractivity (Wildman–Crippen MR) is 79.5 cm³/mol. The largest absolute Gasteiger partial charge is 0.253 e. The van der Waals surface area contributed by atoms with Gasteiger partial charge in [0, 0.05) is 11.8 Å². The third-order valence-electron chi connectivity index (χ3n) is 3.05. The zero-order chi connectivity index (χ0) is 13.4. The van der Waals surface area contributed by atoms with Gasteiger partial charge in [0.05, 0.1) is 10.6 Å². The summed E-state index contributed by atoms with van der Waals surface area (Å²) < 4.78 is 1.80. The minimum Gasteiger partial charge on any atom is -0.220 e. The van der Waals surface area contributed by atoms with Gasteiger partial charge in [0.25, 0.3) is 5.78 Å². The molecule has 0 aliphatic heterocycles. The summed E-state index contributed by atoms with van der Waals surface area (Å²) in [5.41, 5.74) is 2.09. The summed E-state index contributed by atoms with van der Waals surface area (Å²) in [7, 11) is 0. The summed E-state index contributed by atoms with van der Waals surface area (Å²) in [6, 6.07) is 16.1. The van der Waals surface area contributed by atoms with Gasteiger partial charge >= 0.3 is 0 Å². The van der Waals surface area contributed by atoms with Gasteiger partial charge in [-0.3, -0.25) is 0 Å². The highest BCUT2D eigenvalue weighted by molar-refractivity contribution is 7.13. The molecule has 3 heterocycles. The summed E-state index contributed by atoms with van der Waals surface area (Å²) in [4.78, 5) is 9.83. The van der Waals surface area contributed by atoms with E-state index in [0.29, 0.717) is 5.78 Å². The fourth-order valence-electron chi connectivity index (χ4n) is 2.13. The van der Waals surface area contributed by atoms with Crippen LogP contribution in [0.3, 0.4) is 0 Å². The Kier molecular flexibility index (Phi) is 2.57. The quantitative estimate of drug-likeness (QED) is 0.563. The smallest absolute Gasteiger partial charge is 0.220 e. The van der Waals surface area contributed by atoms with Crippen molar-refractivity contribution < 1.29 is 0 Å². The van der Waals surface area contributed by atoms with Crippen LogP contribution >= 0.6 is 11.3 Å². The van der Waals surface area contributed by atoms with Crippen molar-refractivity contribution >= 4 is 17.1 Å². The van der Waals surface area contributed by atoms with Crippen LogP contribution in [0.25, 0.3) is 27.7 Å². The molecule has 5 heteroatoms. The SMILES string of the molecule is c1ccc(-c2ccnc3nc(-c4cccs4)nn23)cc1. The minimum absolute atomic E-state index is 0.620. The van der Waals surface area contributed by atoms with Gasteiger partial charge in [-0.1, -0.05) is 36.4 Å². The summed E-state index contributed by atoms with van der Waals surface area (Å²) in [5, 5.41) is 6.61. The maximum Gasteiger partial charge on any atom is 0.253 e. The normalized spacial score (nSPS) is 11.0. The van der Waals surface area contributed by atoms with Crippen molar-refractivity contribution in [2.45, 2.75) is 0 Å². The first-order valence-corrected chi connectivity index (χ1v) is 7.11. The lowest BCUT2D eigenvalue weighted by atomic mass is 10.1. The highest BCUT2D eigenvalue weighted by Crippen LogP contribution is 2.24. The molecule has 0 amide bonds. The fraction of sp³-hybridized carbons (Fsp3) is 0. The summed E-state index contributed by atoms with van der Waals surface area (Å²) in [5.74, 6) is 1.34. The van der Waals surface area contributed by atoms with E-state index in [1.165, 1.54) is 0 Å². The maximum absolute atomic E-state index is 4.58. The molecular formula is C15H10N4S. The average molecular weight is 278 g/mol. The first kappa shape index (κ1) is 11.3. The standard InChI is InChI=1S/C15H10N4S/c1-2-5-11(6-3-1)12-8-9-16-15-17-14(18-19(12)15)13-7-4-10-20-13/h1-10H. The van der Waals surface area contributed by atoms with Crippen LogP contribution in [0.2, 0.25) is 0 Å². The number of thiophene rings is 1. The Bertz CT molecular complexity index is 850. The molecule has 0 saturated carbocycles. The molecule has 4 rings (SSSR count). The molecule has 0 bridgehead atoms. The van der Waals surface area contributed by atoms with Crippen LogP contribution in [0.4, 0.5) is 0 Å². The summed E-state index contributed by atoms with van der Waals surface area (Å²) >= 11 is 1.63. The van der Waals surface area contributed by atoms with E-state index in [9.17, 15) is 0 Å². The number of benzene rings is 1. The van der Waals surface area contributed by atoms with E-state index in [1.807, 2.05) is 41.8 Å². The first-order valence-electron chi connectivity index (χ1n) is 6.23. The second kappa shape index (κ2) is 4.54. The predicted octanol–water partition coefficient (Wildman–Crippen LogP) is 3.52. The Hall–Kier alpha value is -2.53. The highest BCUT2D eigenvalue weighted by Gasteiger charge is 2.11. The molecule has 0 aliphatic rings. The molecule has 0 unspecified atom stereocenters. The molecule has 3 aromatic heterocycles. The van der Waals surface area contributed by atoms with Gasteiger partial charge in [-0.05, 0) is 17.5 Å². The third-order valence-corrected chi connectivity index (χ3v) is 3.92. The van der Waals surface area contributed by atoms with Crippen molar-refractivity contribution in [2.24, 2.45) is 0 Å². The van der Waals surface area contributed by atoms with Crippen molar-refractivity contribution in [1.82, 2.24) is 19.6 Å². The van der Waals surface area contributed by atoms with Gasteiger partial charge in [-0.25, -0.2) is 4.98 Å². The van der Waals surface area contributed by atoms with Gasteiger partial charge in [0.1, 0.15) is 0 Å². The maximum atomic E-state index is 4.58. The molecule has 0 saturated heterocycles. The Labute approximate surface area is 119 Å². The number of aromatic nitrogens is 4. The van der Waals surface area contributed by atoms with Gasteiger partial charge in [0.15, 0.2) is 5.82 Å². The van der Waals surface area contributed by atoms with Crippen molar-refractivity contribution in [3.8, 4) is 22.0 Å². The lowest BCUT2D eigenvalue weighted by Gasteiger charge is -2.02. The van der Waals surface area contributed by atoms with Crippen LogP contribution in [-0.4, -0.2) is 19.6 Å². The Balaban J connectivity index is 1.95. The lowest BCUT2D eigenvalue weighted by molar-refractivity contribution is 0.952. The molecule has 0 N–H and O–H groups in total.